The van der Waals surface area contributed by atoms with E-state index in [9.17, 15) is 5.11 Å². The van der Waals surface area contributed by atoms with Crippen LogP contribution in [0.15, 0.2) is 11.4 Å². The number of hydrogen-bond donors (Lipinski definition) is 1. The van der Waals surface area contributed by atoms with Gasteiger partial charge in [0.1, 0.15) is 0 Å². The van der Waals surface area contributed by atoms with Crippen molar-refractivity contribution in [3.63, 3.8) is 0 Å². The Morgan fingerprint density at radius 2 is 2.31 bits per heavy atom. The molecule has 0 aliphatic rings. The van der Waals surface area contributed by atoms with E-state index >= 15 is 0 Å². The molecule has 0 bridgehead atoms. The molecule has 1 heterocycles. The largest absolute Gasteiger partial charge is 1.00 e. The fourth-order valence-corrected chi connectivity index (χ4v) is 0.999. The number of hydrogen-bond acceptors (Lipinski definition) is 5. The van der Waals surface area contributed by atoms with Crippen molar-refractivity contribution in [3.8, 4) is 5.88 Å². The van der Waals surface area contributed by atoms with E-state index in [0.717, 1.165) is 0 Å². The molecule has 0 fully saturated rings. The molecule has 0 saturated heterocycles. The van der Waals surface area contributed by atoms with Crippen LogP contribution in [0.3, 0.4) is 0 Å². The van der Waals surface area contributed by atoms with Crippen molar-refractivity contribution in [1.29, 1.82) is 0 Å². The molecule has 0 atom stereocenters. The molecule has 0 radical (unpaired) electrons. The molecule has 66 valence electrons. The van der Waals surface area contributed by atoms with Gasteiger partial charge in [0, 0.05) is 0 Å². The van der Waals surface area contributed by atoms with Gasteiger partial charge in [-0.2, -0.15) is 5.48 Å². The summed E-state index contributed by atoms with van der Waals surface area (Å²) >= 11 is 1.33. The zero-order valence-corrected chi connectivity index (χ0v) is 10.6. The Labute approximate surface area is 103 Å². The first-order valence-corrected chi connectivity index (χ1v) is 4.44. The van der Waals surface area contributed by atoms with Crippen LogP contribution in [-0.2, 0) is 4.84 Å². The minimum atomic E-state index is -0.309. The van der Waals surface area contributed by atoms with Crippen molar-refractivity contribution >= 4 is 17.4 Å². The van der Waals surface area contributed by atoms with Crippen LogP contribution in [0.1, 0.15) is 0 Å². The molecule has 0 aromatic carbocycles. The van der Waals surface area contributed by atoms with E-state index in [1.807, 2.05) is 6.26 Å². The smallest absolute Gasteiger partial charge is 0.854 e. The molecule has 2 N–H and O–H groups in total. The van der Waals surface area contributed by atoms with Crippen molar-refractivity contribution in [3.05, 3.63) is 6.20 Å². The van der Waals surface area contributed by atoms with Crippen molar-refractivity contribution in [2.24, 2.45) is 0 Å². The van der Waals surface area contributed by atoms with E-state index in [0.29, 0.717) is 10.8 Å². The second-order valence-corrected chi connectivity index (χ2v) is 2.74. The van der Waals surface area contributed by atoms with Gasteiger partial charge in [0.2, 0.25) is 0 Å². The fraction of sp³-hybridized carbons (Fsp3) is 0.333. The van der Waals surface area contributed by atoms with Gasteiger partial charge in [-0.3, -0.25) is 0 Å². The van der Waals surface area contributed by atoms with Gasteiger partial charge in [-0.05, 0) is 6.26 Å². The van der Waals surface area contributed by atoms with Crippen molar-refractivity contribution in [2.75, 3.05) is 13.4 Å². The van der Waals surface area contributed by atoms with E-state index < -0.39 is 0 Å². The van der Waals surface area contributed by atoms with E-state index in [2.05, 4.69) is 14.8 Å². The molecule has 0 saturated carbocycles. The zero-order valence-electron chi connectivity index (χ0n) is 7.77. The number of nitrogens with zero attached hydrogens (tertiary/aromatic N) is 2. The molecule has 1 aromatic heterocycles. The number of quaternary nitrogens is 1. The maximum absolute atomic E-state index is 11.1. The van der Waals surface area contributed by atoms with Crippen LogP contribution in [0.25, 0.3) is 0 Å². The predicted molar refractivity (Wildman–Crippen MR) is 41.9 cm³/mol. The van der Waals surface area contributed by atoms with Gasteiger partial charge >= 0.3 is 29.6 Å². The van der Waals surface area contributed by atoms with Crippen LogP contribution in [0.4, 0.5) is 5.69 Å². The first kappa shape index (κ1) is 13.2. The third-order valence-electron chi connectivity index (χ3n) is 1.19. The molecule has 13 heavy (non-hydrogen) atoms. The Kier molecular flexibility index (Phi) is 6.66. The summed E-state index contributed by atoms with van der Waals surface area (Å²) in [5.41, 5.74) is 1.70. The summed E-state index contributed by atoms with van der Waals surface area (Å²) in [6.45, 7) is 0. The average molecular weight is 210 g/mol. The van der Waals surface area contributed by atoms with Crippen LogP contribution < -0.4 is 40.1 Å². The van der Waals surface area contributed by atoms with Gasteiger partial charge in [0.15, 0.2) is 10.8 Å². The van der Waals surface area contributed by atoms with Gasteiger partial charge in [-0.1, -0.05) is 11.8 Å². The summed E-state index contributed by atoms with van der Waals surface area (Å²) in [7, 11) is 1.47. The summed E-state index contributed by atoms with van der Waals surface area (Å²) < 4.78 is 0. The molecule has 7 heteroatoms. The molecule has 0 spiro atoms. The molecule has 5 nitrogen and oxygen atoms in total. The van der Waals surface area contributed by atoms with Gasteiger partial charge < -0.3 is 5.11 Å². The van der Waals surface area contributed by atoms with E-state index in [1.165, 1.54) is 30.5 Å². The van der Waals surface area contributed by atoms with Crippen LogP contribution in [0.5, 0.6) is 5.88 Å². The van der Waals surface area contributed by atoms with E-state index in [1.54, 1.807) is 0 Å². The first-order chi connectivity index (χ1) is 5.77. The van der Waals surface area contributed by atoms with Gasteiger partial charge in [-0.15, -0.1) is 0 Å². The Morgan fingerprint density at radius 3 is 2.77 bits per heavy atom. The topological polar surface area (TPSA) is 74.7 Å². The fourth-order valence-electron chi connectivity index (χ4n) is 0.666. The monoisotopic (exact) mass is 210 g/mol. The molecule has 0 amide bonds. The zero-order chi connectivity index (χ0) is 8.97. The minimum absolute atomic E-state index is 0. The first-order valence-electron chi connectivity index (χ1n) is 3.22. The molecule has 0 unspecified atom stereocenters. The molecule has 1 rings (SSSR count). The maximum atomic E-state index is 11.1. The molecule has 1 aromatic rings. The second-order valence-electron chi connectivity index (χ2n) is 1.97. The standard InChI is InChI=1S/C6H9N3O2S.Na/c1-11-9-4-3-7-6(12-2)8-5(4)10;/h3,9H,1-2H3,(H,7,8,10);/q;+1. The van der Waals surface area contributed by atoms with Crippen molar-refractivity contribution < 1.29 is 45.0 Å². The molecular formula is C6H9N3NaO2S+. The van der Waals surface area contributed by atoms with Gasteiger partial charge in [-0.25, -0.2) is 14.8 Å². The van der Waals surface area contributed by atoms with Gasteiger partial charge in [0.25, 0.3) is 0 Å². The summed E-state index contributed by atoms with van der Waals surface area (Å²) in [5, 5.41) is 11.6. The summed E-state index contributed by atoms with van der Waals surface area (Å²) in [6.07, 6.45) is 3.26. The summed E-state index contributed by atoms with van der Waals surface area (Å²) in [6, 6.07) is 0. The summed E-state index contributed by atoms with van der Waals surface area (Å²) in [4.78, 5) is 12.3. The third-order valence-corrected chi connectivity index (χ3v) is 1.75. The van der Waals surface area contributed by atoms with Crippen LogP contribution >= 0.6 is 11.8 Å². The minimum Gasteiger partial charge on any atom is -0.854 e. The second kappa shape index (κ2) is 6.58. The Balaban J connectivity index is 0.00000144. The Hall–Kier alpha value is 0.150. The number of nitrogens with two attached hydrogens (primary N) is 1. The Morgan fingerprint density at radius 1 is 1.62 bits per heavy atom. The number of rotatable bonds is 3. The van der Waals surface area contributed by atoms with Crippen LogP contribution in [-0.4, -0.2) is 23.3 Å². The van der Waals surface area contributed by atoms with Gasteiger partial charge in [0.05, 0.1) is 19.2 Å². The average Bonchev–Trinajstić information content (AvgIpc) is 2.09. The third kappa shape index (κ3) is 3.80. The molecular weight excluding hydrogens is 201 g/mol. The normalized spacial score (nSPS) is 9.38. The summed E-state index contributed by atoms with van der Waals surface area (Å²) in [5.74, 6) is -0.309. The Bertz CT molecular complexity index is 274. The quantitative estimate of drug-likeness (QED) is 0.238. The predicted octanol–water partition coefficient (Wildman–Crippen LogP) is -3.97. The molecule has 0 aliphatic carbocycles. The van der Waals surface area contributed by atoms with Crippen molar-refractivity contribution in [2.45, 2.75) is 5.16 Å². The van der Waals surface area contributed by atoms with Crippen LogP contribution in [0.2, 0.25) is 0 Å². The van der Waals surface area contributed by atoms with E-state index in [-0.39, 0.29) is 35.4 Å². The van der Waals surface area contributed by atoms with E-state index in [4.69, 9.17) is 0 Å². The SMILES string of the molecule is CO[NH2+]c1cnc(SC)nc1[O-].[Na+]. The van der Waals surface area contributed by atoms with Crippen LogP contribution in [0, 0.1) is 0 Å². The maximum Gasteiger partial charge on any atom is 1.00 e. The van der Waals surface area contributed by atoms with Crippen molar-refractivity contribution in [1.82, 2.24) is 9.97 Å². The number of thioether (sulfide) groups is 1. The molecule has 0 aliphatic heterocycles. The number of aromatic nitrogens is 2.